The predicted molar refractivity (Wildman–Crippen MR) is 62.4 cm³/mol. The minimum absolute atomic E-state index is 0.0963. The van der Waals surface area contributed by atoms with Crippen molar-refractivity contribution in [2.75, 3.05) is 11.7 Å². The Labute approximate surface area is 99.1 Å². The van der Waals surface area contributed by atoms with Gasteiger partial charge < -0.3 is 5.73 Å². The molecule has 1 aromatic rings. The molecule has 0 unspecified atom stereocenters. The van der Waals surface area contributed by atoms with Crippen LogP contribution in [0.1, 0.15) is 28.8 Å². The summed E-state index contributed by atoms with van der Waals surface area (Å²) in [5.74, 6) is -0.602. The minimum Gasteiger partial charge on any atom is -0.366 e. The smallest absolute Gasteiger partial charge is 0.250 e. The number of benzene rings is 1. The van der Waals surface area contributed by atoms with Gasteiger partial charge in [0.15, 0.2) is 0 Å². The lowest BCUT2D eigenvalue weighted by Crippen LogP contribution is -2.36. The second-order valence-electron chi connectivity index (χ2n) is 3.94. The molecule has 17 heavy (non-hydrogen) atoms. The van der Waals surface area contributed by atoms with Gasteiger partial charge in [0.25, 0.3) is 5.91 Å². The highest BCUT2D eigenvalue weighted by molar-refractivity contribution is 5.98. The Bertz CT molecular complexity index is 471. The van der Waals surface area contributed by atoms with Crippen LogP contribution in [-0.4, -0.2) is 18.4 Å². The third kappa shape index (κ3) is 2.14. The second kappa shape index (κ2) is 4.55. The van der Waals surface area contributed by atoms with Crippen molar-refractivity contribution in [1.82, 2.24) is 0 Å². The van der Waals surface area contributed by atoms with E-state index in [4.69, 9.17) is 10.6 Å². The van der Waals surface area contributed by atoms with Crippen LogP contribution in [0, 0.1) is 6.92 Å². The van der Waals surface area contributed by atoms with E-state index in [1.165, 1.54) is 5.06 Å². The summed E-state index contributed by atoms with van der Waals surface area (Å²) < 4.78 is 0. The van der Waals surface area contributed by atoms with Crippen LogP contribution < -0.4 is 10.8 Å². The number of hydrogen-bond donors (Lipinski definition) is 1. The van der Waals surface area contributed by atoms with E-state index in [9.17, 15) is 9.59 Å². The fourth-order valence-corrected chi connectivity index (χ4v) is 1.87. The third-order valence-corrected chi connectivity index (χ3v) is 2.77. The van der Waals surface area contributed by atoms with Crippen LogP contribution in [0.2, 0.25) is 0 Å². The molecule has 0 aliphatic carbocycles. The first-order chi connectivity index (χ1) is 8.11. The molecular weight excluding hydrogens is 220 g/mol. The van der Waals surface area contributed by atoms with E-state index in [0.717, 1.165) is 6.42 Å². The number of hydrogen-bond acceptors (Lipinski definition) is 3. The average molecular weight is 234 g/mol. The van der Waals surface area contributed by atoms with Gasteiger partial charge in [-0.3, -0.25) is 14.4 Å². The van der Waals surface area contributed by atoms with Crippen molar-refractivity contribution in [3.8, 4) is 0 Å². The van der Waals surface area contributed by atoms with Crippen LogP contribution in [-0.2, 0) is 9.63 Å². The van der Waals surface area contributed by atoms with Gasteiger partial charge in [0.05, 0.1) is 12.3 Å². The zero-order chi connectivity index (χ0) is 12.4. The van der Waals surface area contributed by atoms with Crippen LogP contribution in [0.4, 0.5) is 5.69 Å². The molecule has 1 aliphatic heterocycles. The van der Waals surface area contributed by atoms with E-state index in [1.54, 1.807) is 25.1 Å². The number of anilines is 1. The van der Waals surface area contributed by atoms with E-state index in [0.29, 0.717) is 29.8 Å². The molecule has 1 saturated heterocycles. The maximum atomic E-state index is 11.7. The number of amides is 2. The van der Waals surface area contributed by atoms with E-state index < -0.39 is 5.91 Å². The fourth-order valence-electron chi connectivity index (χ4n) is 1.87. The number of hydroxylamine groups is 1. The zero-order valence-electron chi connectivity index (χ0n) is 9.60. The first-order valence-electron chi connectivity index (χ1n) is 5.46. The molecule has 2 N–H and O–H groups in total. The minimum atomic E-state index is -0.506. The standard InChI is InChI=1S/C12H14N2O3/c1-8-9(12(13)16)4-2-5-10(8)14-11(15)6-3-7-17-14/h2,4-5H,3,6-7H2,1H3,(H2,13,16). The molecule has 0 bridgehead atoms. The lowest BCUT2D eigenvalue weighted by atomic mass is 10.1. The Morgan fingerprint density at radius 1 is 1.47 bits per heavy atom. The number of nitrogens with two attached hydrogens (primary N) is 1. The van der Waals surface area contributed by atoms with Crippen molar-refractivity contribution in [3.05, 3.63) is 29.3 Å². The summed E-state index contributed by atoms with van der Waals surface area (Å²) in [5, 5.41) is 1.26. The van der Waals surface area contributed by atoms with Gasteiger partial charge in [0.1, 0.15) is 0 Å². The van der Waals surface area contributed by atoms with Crippen LogP contribution in [0.15, 0.2) is 18.2 Å². The predicted octanol–water partition coefficient (Wildman–Crippen LogP) is 1.15. The molecule has 1 aromatic carbocycles. The van der Waals surface area contributed by atoms with Gasteiger partial charge in [0.2, 0.25) is 5.91 Å². The lowest BCUT2D eigenvalue weighted by molar-refractivity contribution is -0.129. The highest BCUT2D eigenvalue weighted by Gasteiger charge is 2.23. The molecule has 90 valence electrons. The number of primary amides is 1. The summed E-state index contributed by atoms with van der Waals surface area (Å²) >= 11 is 0. The van der Waals surface area contributed by atoms with Crippen LogP contribution >= 0.6 is 0 Å². The summed E-state index contributed by atoms with van der Waals surface area (Å²) in [6, 6.07) is 5.06. The molecule has 0 spiro atoms. The van der Waals surface area contributed by atoms with Gasteiger partial charge in [0, 0.05) is 12.0 Å². The molecule has 1 heterocycles. The fraction of sp³-hybridized carbons (Fsp3) is 0.333. The van der Waals surface area contributed by atoms with E-state index >= 15 is 0 Å². The third-order valence-electron chi connectivity index (χ3n) is 2.77. The number of nitrogens with zero attached hydrogens (tertiary/aromatic N) is 1. The summed E-state index contributed by atoms with van der Waals surface area (Å²) in [6.07, 6.45) is 1.18. The van der Waals surface area contributed by atoms with E-state index in [-0.39, 0.29) is 5.91 Å². The highest BCUT2D eigenvalue weighted by Crippen LogP contribution is 2.26. The van der Waals surface area contributed by atoms with Crippen LogP contribution in [0.3, 0.4) is 0 Å². The molecule has 0 radical (unpaired) electrons. The second-order valence-corrected chi connectivity index (χ2v) is 3.94. The van der Waals surface area contributed by atoms with Gasteiger partial charge >= 0.3 is 0 Å². The molecule has 2 amide bonds. The molecule has 1 aliphatic rings. The molecule has 0 saturated carbocycles. The van der Waals surface area contributed by atoms with Gasteiger partial charge in [-0.05, 0) is 31.0 Å². The quantitative estimate of drug-likeness (QED) is 0.834. The molecule has 5 nitrogen and oxygen atoms in total. The molecule has 0 aromatic heterocycles. The number of carbonyl (C=O) groups is 2. The number of carbonyl (C=O) groups excluding carboxylic acids is 2. The Morgan fingerprint density at radius 3 is 2.88 bits per heavy atom. The molecule has 5 heteroatoms. The molecule has 2 rings (SSSR count). The summed E-state index contributed by atoms with van der Waals surface area (Å²) in [6.45, 7) is 2.26. The van der Waals surface area contributed by atoms with Crippen molar-refractivity contribution in [2.45, 2.75) is 19.8 Å². The van der Waals surface area contributed by atoms with E-state index in [2.05, 4.69) is 0 Å². The largest absolute Gasteiger partial charge is 0.366 e. The van der Waals surface area contributed by atoms with Crippen molar-refractivity contribution in [2.24, 2.45) is 5.73 Å². The maximum Gasteiger partial charge on any atom is 0.250 e. The topological polar surface area (TPSA) is 72.6 Å². The van der Waals surface area contributed by atoms with Crippen LogP contribution in [0.25, 0.3) is 0 Å². The van der Waals surface area contributed by atoms with Crippen molar-refractivity contribution in [1.29, 1.82) is 0 Å². The van der Waals surface area contributed by atoms with Gasteiger partial charge in [-0.25, -0.2) is 0 Å². The van der Waals surface area contributed by atoms with Crippen molar-refractivity contribution in [3.63, 3.8) is 0 Å². The Morgan fingerprint density at radius 2 is 2.24 bits per heavy atom. The highest BCUT2D eigenvalue weighted by atomic mass is 16.7. The van der Waals surface area contributed by atoms with Crippen LogP contribution in [0.5, 0.6) is 0 Å². The monoisotopic (exact) mass is 234 g/mol. The zero-order valence-corrected chi connectivity index (χ0v) is 9.60. The van der Waals surface area contributed by atoms with Crippen molar-refractivity contribution >= 4 is 17.5 Å². The molecule has 0 atom stereocenters. The lowest BCUT2D eigenvalue weighted by Gasteiger charge is -2.27. The van der Waals surface area contributed by atoms with Crippen molar-refractivity contribution < 1.29 is 14.4 Å². The van der Waals surface area contributed by atoms with Gasteiger partial charge in [-0.1, -0.05) is 6.07 Å². The molecular formula is C12H14N2O3. The Hall–Kier alpha value is -1.88. The summed E-state index contributed by atoms with van der Waals surface area (Å²) in [7, 11) is 0. The average Bonchev–Trinajstić information content (AvgIpc) is 2.30. The summed E-state index contributed by atoms with van der Waals surface area (Å²) in [4.78, 5) is 28.3. The summed E-state index contributed by atoms with van der Waals surface area (Å²) in [5.41, 5.74) is 6.92. The first kappa shape index (κ1) is 11.6. The molecule has 1 fully saturated rings. The normalized spacial score (nSPS) is 16.1. The number of rotatable bonds is 2. The SMILES string of the molecule is Cc1c(C(N)=O)cccc1N1OCCCC1=O. The van der Waals surface area contributed by atoms with E-state index in [1.807, 2.05) is 0 Å². The Kier molecular flexibility index (Phi) is 3.10. The Balaban J connectivity index is 2.41. The maximum absolute atomic E-state index is 11.7. The van der Waals surface area contributed by atoms with Gasteiger partial charge in [-0.15, -0.1) is 0 Å². The first-order valence-corrected chi connectivity index (χ1v) is 5.46. The van der Waals surface area contributed by atoms with Gasteiger partial charge in [-0.2, -0.15) is 5.06 Å².